The SMILES string of the molecule is COC(=O)C12C3C4CCCC4C4C3C3C5C6C(CCC6[C@]1(O)C45C)C32. The van der Waals surface area contributed by atoms with E-state index in [1.54, 1.807) is 7.11 Å². The molecule has 0 aliphatic heterocycles. The Kier molecular flexibility index (Phi) is 1.81. The van der Waals surface area contributed by atoms with Gasteiger partial charge < -0.3 is 9.84 Å². The maximum absolute atomic E-state index is 13.6. The predicted octanol–water partition coefficient (Wildman–Crippen LogP) is 2.72. The molecule has 0 amide bonds. The fourth-order valence-corrected chi connectivity index (χ4v) is 13.0. The normalized spacial score (nSPS) is 76.8. The second-order valence-electron chi connectivity index (χ2n) is 11.4. The Hall–Kier alpha value is -0.570. The van der Waals surface area contributed by atoms with Crippen molar-refractivity contribution >= 4 is 5.97 Å². The summed E-state index contributed by atoms with van der Waals surface area (Å²) in [5, 5.41) is 12.6. The summed E-state index contributed by atoms with van der Waals surface area (Å²) >= 11 is 0. The Labute approximate surface area is 148 Å². The number of ether oxygens (including phenoxy) is 1. The summed E-state index contributed by atoms with van der Waals surface area (Å²) in [6.45, 7) is 2.45. The Morgan fingerprint density at radius 1 is 0.920 bits per heavy atom. The fourth-order valence-electron chi connectivity index (χ4n) is 13.0. The van der Waals surface area contributed by atoms with E-state index in [1.165, 1.54) is 32.1 Å². The molecule has 0 radical (unpaired) electrons. The molecule has 9 fully saturated rings. The molecule has 0 aromatic carbocycles. The molecule has 25 heavy (non-hydrogen) atoms. The van der Waals surface area contributed by atoms with Crippen LogP contribution < -0.4 is 0 Å². The van der Waals surface area contributed by atoms with Crippen LogP contribution in [-0.4, -0.2) is 23.8 Å². The van der Waals surface area contributed by atoms with E-state index in [0.29, 0.717) is 35.5 Å². The minimum atomic E-state index is -0.761. The number of esters is 1. The lowest BCUT2D eigenvalue weighted by Gasteiger charge is -2.62. The molecule has 0 heterocycles. The van der Waals surface area contributed by atoms with Gasteiger partial charge in [0.1, 0.15) is 5.41 Å². The van der Waals surface area contributed by atoms with Crippen molar-refractivity contribution in [2.45, 2.75) is 44.6 Å². The molecule has 1 N–H and O–H groups in total. The van der Waals surface area contributed by atoms with Crippen LogP contribution in [0.15, 0.2) is 0 Å². The van der Waals surface area contributed by atoms with Crippen LogP contribution in [0.2, 0.25) is 0 Å². The van der Waals surface area contributed by atoms with Crippen molar-refractivity contribution in [3.8, 4) is 0 Å². The van der Waals surface area contributed by atoms with Gasteiger partial charge in [-0.1, -0.05) is 13.3 Å². The van der Waals surface area contributed by atoms with Gasteiger partial charge in [-0.15, -0.1) is 0 Å². The largest absolute Gasteiger partial charge is 0.468 e. The van der Waals surface area contributed by atoms with Gasteiger partial charge in [0.2, 0.25) is 0 Å². The van der Waals surface area contributed by atoms with Gasteiger partial charge in [-0.25, -0.2) is 0 Å². The Bertz CT molecular complexity index is 762. The van der Waals surface area contributed by atoms with Gasteiger partial charge >= 0.3 is 5.97 Å². The summed E-state index contributed by atoms with van der Waals surface area (Å²) in [5.41, 5.74) is -1.30. The third kappa shape index (κ3) is 0.822. The number of rotatable bonds is 1. The lowest BCUT2D eigenvalue weighted by atomic mass is 9.43. The summed E-state index contributed by atoms with van der Waals surface area (Å²) in [5.74, 6) is 7.12. The molecule has 134 valence electrons. The Morgan fingerprint density at radius 3 is 2.36 bits per heavy atom. The monoisotopic (exact) mass is 340 g/mol. The van der Waals surface area contributed by atoms with Crippen LogP contribution in [0.1, 0.15) is 39.0 Å². The van der Waals surface area contributed by atoms with Gasteiger partial charge in [0.25, 0.3) is 0 Å². The van der Waals surface area contributed by atoms with E-state index in [-0.39, 0.29) is 11.4 Å². The van der Waals surface area contributed by atoms with Gasteiger partial charge in [0.15, 0.2) is 0 Å². The maximum atomic E-state index is 13.6. The van der Waals surface area contributed by atoms with Crippen molar-refractivity contribution in [3.05, 3.63) is 0 Å². The zero-order valence-electron chi connectivity index (χ0n) is 15.2. The number of hydrogen-bond donors (Lipinski definition) is 1. The highest BCUT2D eigenvalue weighted by atomic mass is 16.5. The van der Waals surface area contributed by atoms with E-state index in [0.717, 1.165) is 29.6 Å². The van der Waals surface area contributed by atoms with Gasteiger partial charge in [-0.05, 0) is 90.8 Å². The molecule has 0 spiro atoms. The highest BCUT2D eigenvalue weighted by Gasteiger charge is 3.01. The molecular weight excluding hydrogens is 312 g/mol. The van der Waals surface area contributed by atoms with Crippen LogP contribution in [0, 0.1) is 75.9 Å². The van der Waals surface area contributed by atoms with Crippen molar-refractivity contribution < 1.29 is 14.6 Å². The van der Waals surface area contributed by atoms with Crippen molar-refractivity contribution in [2.75, 3.05) is 7.11 Å². The lowest BCUT2D eigenvalue weighted by Crippen LogP contribution is -2.72. The zero-order chi connectivity index (χ0) is 16.7. The van der Waals surface area contributed by atoms with E-state index in [1.807, 2.05) is 0 Å². The first-order valence-electron chi connectivity index (χ1n) is 10.9. The minimum Gasteiger partial charge on any atom is -0.468 e. The summed E-state index contributed by atoms with van der Waals surface area (Å²) in [6.07, 6.45) is 6.43. The summed E-state index contributed by atoms with van der Waals surface area (Å²) < 4.78 is 5.56. The first kappa shape index (κ1) is 13.6. The first-order valence-corrected chi connectivity index (χ1v) is 10.9. The van der Waals surface area contributed by atoms with Crippen molar-refractivity contribution in [1.29, 1.82) is 0 Å². The van der Waals surface area contributed by atoms with E-state index < -0.39 is 11.0 Å². The van der Waals surface area contributed by atoms with Crippen LogP contribution >= 0.6 is 0 Å². The molecular formula is C22H28O3. The molecule has 3 heteroatoms. The van der Waals surface area contributed by atoms with Crippen LogP contribution in [-0.2, 0) is 9.53 Å². The van der Waals surface area contributed by atoms with Gasteiger partial charge in [0.05, 0.1) is 12.7 Å². The maximum Gasteiger partial charge on any atom is 0.315 e. The van der Waals surface area contributed by atoms with Crippen molar-refractivity contribution in [1.82, 2.24) is 0 Å². The fraction of sp³-hybridized carbons (Fsp3) is 0.955. The Balaban J connectivity index is 1.53. The number of aliphatic hydroxyl groups is 1. The molecule has 9 rings (SSSR count). The van der Waals surface area contributed by atoms with Gasteiger partial charge in [-0.2, -0.15) is 0 Å². The molecule has 9 aliphatic rings. The Morgan fingerprint density at radius 2 is 1.60 bits per heavy atom. The van der Waals surface area contributed by atoms with Crippen LogP contribution in [0.25, 0.3) is 0 Å². The molecule has 9 aliphatic carbocycles. The van der Waals surface area contributed by atoms with E-state index in [4.69, 9.17) is 4.74 Å². The quantitative estimate of drug-likeness (QED) is 0.747. The highest BCUT2D eigenvalue weighted by Crippen LogP contribution is 2.98. The van der Waals surface area contributed by atoms with Crippen LogP contribution in [0.5, 0.6) is 0 Å². The third-order valence-corrected chi connectivity index (χ3v) is 12.2. The number of hydrogen-bond acceptors (Lipinski definition) is 3. The summed E-state index contributed by atoms with van der Waals surface area (Å²) in [7, 11) is 1.58. The van der Waals surface area contributed by atoms with Crippen molar-refractivity contribution in [3.63, 3.8) is 0 Å². The molecule has 9 bridgehead atoms. The lowest BCUT2D eigenvalue weighted by molar-refractivity contribution is -0.262. The first-order chi connectivity index (χ1) is 12.1. The summed E-state index contributed by atoms with van der Waals surface area (Å²) in [6, 6.07) is 0. The molecule has 13 unspecified atom stereocenters. The highest BCUT2D eigenvalue weighted by molar-refractivity contribution is 5.83. The van der Waals surface area contributed by atoms with Gasteiger partial charge in [-0.3, -0.25) is 4.79 Å². The molecule has 0 saturated heterocycles. The average Bonchev–Trinajstić information content (AvgIpc) is 3.34. The van der Waals surface area contributed by atoms with Gasteiger partial charge in [0, 0.05) is 5.41 Å². The van der Waals surface area contributed by atoms with Crippen LogP contribution in [0.3, 0.4) is 0 Å². The van der Waals surface area contributed by atoms with E-state index in [2.05, 4.69) is 6.92 Å². The van der Waals surface area contributed by atoms with Crippen LogP contribution in [0.4, 0.5) is 0 Å². The minimum absolute atomic E-state index is 0.00220. The van der Waals surface area contributed by atoms with Crippen molar-refractivity contribution in [2.24, 2.45) is 75.9 Å². The second kappa shape index (κ2) is 3.34. The predicted molar refractivity (Wildman–Crippen MR) is 89.0 cm³/mol. The smallest absolute Gasteiger partial charge is 0.315 e. The summed E-state index contributed by atoms with van der Waals surface area (Å²) in [4.78, 5) is 13.6. The average molecular weight is 340 g/mol. The number of fused-ring (bicyclic) bond motifs is 1. The number of carbonyl (C=O) groups is 1. The molecule has 0 aromatic rings. The molecule has 3 nitrogen and oxygen atoms in total. The number of methoxy groups -OCH3 is 1. The molecule has 14 atom stereocenters. The van der Waals surface area contributed by atoms with E-state index in [9.17, 15) is 9.90 Å². The third-order valence-electron chi connectivity index (χ3n) is 12.2. The zero-order valence-corrected chi connectivity index (χ0v) is 15.2. The standard InChI is InChI=1S/C22H28O3/c1-20-15-8-4-3-5-9(8)16-13(15)14-17-10-6-7-11(12(10)18(14)20)22(20,24)21(16,17)19(23)25-2/h8-18,24H,3-7H2,1-2H3/t8?,9?,10?,11?,12?,13?,14?,15?,16?,17?,18?,20?,21?,22-/m0/s1. The molecule has 9 saturated carbocycles. The molecule has 0 aromatic heterocycles. The van der Waals surface area contributed by atoms with E-state index >= 15 is 0 Å². The second-order valence-corrected chi connectivity index (χ2v) is 11.4. The number of carbonyl (C=O) groups excluding carboxylic acids is 1. The topological polar surface area (TPSA) is 46.5 Å².